The number of hydrogen-bond donors (Lipinski definition) is 1. The van der Waals surface area contributed by atoms with E-state index in [1.165, 1.54) is 0 Å². The molecule has 7 heteroatoms. The molecule has 0 spiro atoms. The molecule has 2 heterocycles. The van der Waals surface area contributed by atoms with Crippen molar-refractivity contribution in [1.82, 2.24) is 30.1 Å². The first kappa shape index (κ1) is 13.2. The highest BCUT2D eigenvalue weighted by atomic mass is 79.9. The minimum absolute atomic E-state index is 0.0341. The number of halogens is 1. The Kier molecular flexibility index (Phi) is 4.13. The van der Waals surface area contributed by atoms with Gasteiger partial charge in [0.05, 0.1) is 17.4 Å². The summed E-state index contributed by atoms with van der Waals surface area (Å²) in [5, 5.41) is 15.8. The molecule has 18 heavy (non-hydrogen) atoms. The Hall–Kier alpha value is -1.21. The third-order valence-corrected chi connectivity index (χ3v) is 3.42. The highest BCUT2D eigenvalue weighted by Crippen LogP contribution is 2.26. The van der Waals surface area contributed by atoms with Gasteiger partial charge in [-0.3, -0.25) is 4.68 Å². The lowest BCUT2D eigenvalue weighted by Crippen LogP contribution is -2.27. The maximum Gasteiger partial charge on any atom is 0.153 e. The van der Waals surface area contributed by atoms with Crippen LogP contribution in [0.5, 0.6) is 0 Å². The molecule has 2 rings (SSSR count). The second-order valence-electron chi connectivity index (χ2n) is 4.16. The fourth-order valence-electron chi connectivity index (χ4n) is 1.94. The Labute approximate surface area is 114 Å². The van der Waals surface area contributed by atoms with Gasteiger partial charge in [0.15, 0.2) is 4.60 Å². The standard InChI is InChI=1S/C11H17BrN6/c1-4-6-13-9(8-5-7-14-17(8)2)10-11(12)15-16-18(10)3/h5,7,9,13H,4,6H2,1-3H3. The molecule has 0 saturated carbocycles. The number of hydrogen-bond acceptors (Lipinski definition) is 4. The van der Waals surface area contributed by atoms with Gasteiger partial charge in [0.25, 0.3) is 0 Å². The van der Waals surface area contributed by atoms with Crippen LogP contribution in [0.3, 0.4) is 0 Å². The third-order valence-electron chi connectivity index (χ3n) is 2.85. The summed E-state index contributed by atoms with van der Waals surface area (Å²) in [6.07, 6.45) is 2.87. The van der Waals surface area contributed by atoms with Gasteiger partial charge in [0.1, 0.15) is 0 Å². The summed E-state index contributed by atoms with van der Waals surface area (Å²) in [7, 11) is 3.83. The van der Waals surface area contributed by atoms with E-state index in [-0.39, 0.29) is 6.04 Å². The van der Waals surface area contributed by atoms with Crippen molar-refractivity contribution in [3.63, 3.8) is 0 Å². The topological polar surface area (TPSA) is 60.6 Å². The maximum absolute atomic E-state index is 4.23. The Balaban J connectivity index is 2.40. The zero-order valence-corrected chi connectivity index (χ0v) is 12.3. The molecule has 0 aliphatic rings. The van der Waals surface area contributed by atoms with Crippen LogP contribution in [0.1, 0.15) is 30.8 Å². The van der Waals surface area contributed by atoms with Gasteiger partial charge in [0, 0.05) is 20.3 Å². The predicted octanol–water partition coefficient (Wildman–Crippen LogP) is 1.40. The van der Waals surface area contributed by atoms with E-state index < -0.39 is 0 Å². The van der Waals surface area contributed by atoms with E-state index >= 15 is 0 Å². The molecule has 0 radical (unpaired) electrons. The monoisotopic (exact) mass is 312 g/mol. The molecule has 0 aromatic carbocycles. The first-order chi connectivity index (χ1) is 8.65. The van der Waals surface area contributed by atoms with Crippen LogP contribution in [0, 0.1) is 0 Å². The Bertz CT molecular complexity index is 498. The number of nitrogens with zero attached hydrogens (tertiary/aromatic N) is 5. The molecule has 2 aromatic rings. The van der Waals surface area contributed by atoms with E-state index in [9.17, 15) is 0 Å². The summed E-state index contributed by atoms with van der Waals surface area (Å²) in [6, 6.07) is 2.04. The lowest BCUT2D eigenvalue weighted by atomic mass is 10.1. The minimum Gasteiger partial charge on any atom is -0.304 e. The van der Waals surface area contributed by atoms with Crippen LogP contribution in [-0.4, -0.2) is 31.3 Å². The minimum atomic E-state index is 0.0341. The van der Waals surface area contributed by atoms with Gasteiger partial charge in [-0.1, -0.05) is 12.1 Å². The normalized spacial score (nSPS) is 12.9. The summed E-state index contributed by atoms with van der Waals surface area (Å²) in [5.41, 5.74) is 2.10. The highest BCUT2D eigenvalue weighted by Gasteiger charge is 2.23. The SMILES string of the molecule is CCCNC(c1ccnn1C)c1c(Br)nnn1C. The molecule has 1 atom stereocenters. The Morgan fingerprint density at radius 2 is 2.17 bits per heavy atom. The van der Waals surface area contributed by atoms with Gasteiger partial charge in [-0.25, -0.2) is 4.68 Å². The molecule has 6 nitrogen and oxygen atoms in total. The van der Waals surface area contributed by atoms with Crippen molar-refractivity contribution in [2.45, 2.75) is 19.4 Å². The number of aromatic nitrogens is 5. The summed E-state index contributed by atoms with van der Waals surface area (Å²) in [6.45, 7) is 3.07. The van der Waals surface area contributed by atoms with Crippen molar-refractivity contribution < 1.29 is 0 Å². The lowest BCUT2D eigenvalue weighted by molar-refractivity contribution is 0.517. The van der Waals surface area contributed by atoms with Crippen LogP contribution in [0.25, 0.3) is 0 Å². The zero-order chi connectivity index (χ0) is 13.1. The van der Waals surface area contributed by atoms with Gasteiger partial charge in [-0.15, -0.1) is 5.10 Å². The molecule has 2 aromatic heterocycles. The number of aryl methyl sites for hydroxylation is 2. The summed E-state index contributed by atoms with van der Waals surface area (Å²) in [5.74, 6) is 0. The Morgan fingerprint density at radius 1 is 1.39 bits per heavy atom. The maximum atomic E-state index is 4.23. The summed E-state index contributed by atoms with van der Waals surface area (Å²) < 4.78 is 4.41. The molecule has 0 amide bonds. The van der Waals surface area contributed by atoms with Crippen LogP contribution in [0.4, 0.5) is 0 Å². The molecule has 1 N–H and O–H groups in total. The largest absolute Gasteiger partial charge is 0.304 e. The summed E-state index contributed by atoms with van der Waals surface area (Å²) >= 11 is 3.46. The molecular weight excluding hydrogens is 296 g/mol. The van der Waals surface area contributed by atoms with Crippen molar-refractivity contribution in [3.05, 3.63) is 28.3 Å². The highest BCUT2D eigenvalue weighted by molar-refractivity contribution is 9.10. The van der Waals surface area contributed by atoms with Crippen molar-refractivity contribution in [3.8, 4) is 0 Å². The van der Waals surface area contributed by atoms with E-state index in [0.717, 1.165) is 29.0 Å². The van der Waals surface area contributed by atoms with Gasteiger partial charge in [0.2, 0.25) is 0 Å². The molecule has 0 bridgehead atoms. The van der Waals surface area contributed by atoms with Gasteiger partial charge >= 0.3 is 0 Å². The van der Waals surface area contributed by atoms with Crippen molar-refractivity contribution in [2.75, 3.05) is 6.54 Å². The van der Waals surface area contributed by atoms with Crippen molar-refractivity contribution >= 4 is 15.9 Å². The van der Waals surface area contributed by atoms with Crippen molar-refractivity contribution in [2.24, 2.45) is 14.1 Å². The van der Waals surface area contributed by atoms with E-state index in [1.807, 2.05) is 24.8 Å². The van der Waals surface area contributed by atoms with Gasteiger partial charge in [-0.05, 0) is 35.0 Å². The number of rotatable bonds is 5. The van der Waals surface area contributed by atoms with Crippen molar-refractivity contribution in [1.29, 1.82) is 0 Å². The number of nitrogens with one attached hydrogen (secondary N) is 1. The fraction of sp³-hybridized carbons (Fsp3) is 0.545. The molecular formula is C11H17BrN6. The molecule has 1 unspecified atom stereocenters. The van der Waals surface area contributed by atoms with Gasteiger partial charge in [-0.2, -0.15) is 5.10 Å². The zero-order valence-electron chi connectivity index (χ0n) is 10.8. The van der Waals surface area contributed by atoms with Crippen LogP contribution < -0.4 is 5.32 Å². The van der Waals surface area contributed by atoms with E-state index in [2.05, 4.69) is 43.6 Å². The van der Waals surface area contributed by atoms with Gasteiger partial charge < -0.3 is 5.32 Å². The second-order valence-corrected chi connectivity index (χ2v) is 4.91. The van der Waals surface area contributed by atoms with E-state index in [4.69, 9.17) is 0 Å². The first-order valence-corrected chi connectivity index (χ1v) is 6.70. The lowest BCUT2D eigenvalue weighted by Gasteiger charge is -2.19. The quantitative estimate of drug-likeness (QED) is 0.906. The smallest absolute Gasteiger partial charge is 0.153 e. The molecule has 0 aliphatic heterocycles. The van der Waals surface area contributed by atoms with E-state index in [1.54, 1.807) is 10.9 Å². The molecule has 0 saturated heterocycles. The third kappa shape index (κ3) is 2.46. The first-order valence-electron chi connectivity index (χ1n) is 5.91. The second kappa shape index (κ2) is 5.62. The molecule has 0 aliphatic carbocycles. The van der Waals surface area contributed by atoms with E-state index in [0.29, 0.717) is 0 Å². The molecule has 98 valence electrons. The van der Waals surface area contributed by atoms with Crippen LogP contribution in [0.15, 0.2) is 16.9 Å². The summed E-state index contributed by atoms with van der Waals surface area (Å²) in [4.78, 5) is 0. The fourth-order valence-corrected chi connectivity index (χ4v) is 2.50. The average molecular weight is 313 g/mol. The Morgan fingerprint density at radius 3 is 2.67 bits per heavy atom. The van der Waals surface area contributed by atoms with Crippen LogP contribution in [0.2, 0.25) is 0 Å². The average Bonchev–Trinajstić information content (AvgIpc) is 2.90. The molecule has 0 fully saturated rings. The predicted molar refractivity (Wildman–Crippen MR) is 72.0 cm³/mol. The van der Waals surface area contributed by atoms with Crippen LogP contribution >= 0.6 is 15.9 Å². The van der Waals surface area contributed by atoms with Crippen LogP contribution in [-0.2, 0) is 14.1 Å².